The minimum absolute atomic E-state index is 0.0922. The van der Waals surface area contributed by atoms with Crippen LogP contribution in [0.1, 0.15) is 49.4 Å². The molecule has 0 aliphatic carbocycles. The van der Waals surface area contributed by atoms with Gasteiger partial charge in [-0.1, -0.05) is 26.0 Å². The summed E-state index contributed by atoms with van der Waals surface area (Å²) < 4.78 is 19.5. The molecule has 2 amide bonds. The van der Waals surface area contributed by atoms with Crippen LogP contribution in [-0.4, -0.2) is 35.1 Å². The van der Waals surface area contributed by atoms with Crippen LogP contribution in [0.25, 0.3) is 0 Å². The summed E-state index contributed by atoms with van der Waals surface area (Å²) in [6, 6.07) is 8.37. The summed E-state index contributed by atoms with van der Waals surface area (Å²) in [6.45, 7) is 5.58. The third-order valence-corrected chi connectivity index (χ3v) is 5.23. The van der Waals surface area contributed by atoms with Gasteiger partial charge in [0.15, 0.2) is 0 Å². The van der Waals surface area contributed by atoms with Gasteiger partial charge in [0.2, 0.25) is 0 Å². The molecule has 0 saturated heterocycles. The molecule has 1 aromatic heterocycles. The lowest BCUT2D eigenvalue weighted by atomic mass is 9.95. The molecule has 34 heavy (non-hydrogen) atoms. The summed E-state index contributed by atoms with van der Waals surface area (Å²) in [7, 11) is 0. The molecular formula is C25H27FN4O4. The summed E-state index contributed by atoms with van der Waals surface area (Å²) in [5.41, 5.74) is 0.825. The molecule has 9 heteroatoms. The maximum atomic E-state index is 13.9. The molecule has 0 radical (unpaired) electrons. The van der Waals surface area contributed by atoms with Crippen molar-refractivity contribution in [3.8, 4) is 6.07 Å². The standard InChI is InChI=1S/C25H27FN4O4/c1-15(2)14-34-9-3-4-16-5-8-22(28-13-16)30-25(33)23-21(31)11-20(29-24(23)32)17-6-7-18(12-27)19(26)10-17/h5-8,10,13,15,20,31H,3-4,9,11,14H2,1-2H3,(H,29,32)(H,28,30,33)/t20-/m1/s1. The first kappa shape index (κ1) is 24.9. The quantitative estimate of drug-likeness (QED) is 0.382. The van der Waals surface area contributed by atoms with Crippen molar-refractivity contribution in [1.82, 2.24) is 10.3 Å². The second-order valence-corrected chi connectivity index (χ2v) is 8.48. The number of carbonyl (C=O) groups excluding carboxylic acids is 2. The summed E-state index contributed by atoms with van der Waals surface area (Å²) in [4.78, 5) is 29.3. The van der Waals surface area contributed by atoms with Crippen molar-refractivity contribution in [3.05, 3.63) is 70.4 Å². The van der Waals surface area contributed by atoms with Crippen LogP contribution >= 0.6 is 0 Å². The first-order chi connectivity index (χ1) is 16.3. The van der Waals surface area contributed by atoms with Gasteiger partial charge in [-0.25, -0.2) is 9.37 Å². The maximum absolute atomic E-state index is 13.9. The van der Waals surface area contributed by atoms with Crippen LogP contribution in [0, 0.1) is 23.1 Å². The Bertz CT molecular complexity index is 1120. The zero-order valence-corrected chi connectivity index (χ0v) is 19.1. The van der Waals surface area contributed by atoms with Crippen molar-refractivity contribution in [2.75, 3.05) is 18.5 Å². The average molecular weight is 467 g/mol. The number of carbonyl (C=O) groups is 2. The number of amides is 2. The molecule has 178 valence electrons. The van der Waals surface area contributed by atoms with Crippen molar-refractivity contribution >= 4 is 17.6 Å². The highest BCUT2D eigenvalue weighted by atomic mass is 19.1. The van der Waals surface area contributed by atoms with Gasteiger partial charge in [-0.3, -0.25) is 9.59 Å². The number of pyridine rings is 1. The van der Waals surface area contributed by atoms with E-state index in [0.29, 0.717) is 18.1 Å². The molecule has 3 rings (SSSR count). The van der Waals surface area contributed by atoms with Gasteiger partial charge >= 0.3 is 0 Å². The normalized spacial score (nSPS) is 15.7. The second kappa shape index (κ2) is 11.4. The summed E-state index contributed by atoms with van der Waals surface area (Å²) in [5, 5.41) is 24.3. The number of halogens is 1. The van der Waals surface area contributed by atoms with Crippen LogP contribution in [0.2, 0.25) is 0 Å². The number of nitrogens with one attached hydrogen (secondary N) is 2. The Morgan fingerprint density at radius 2 is 2.18 bits per heavy atom. The fourth-order valence-corrected chi connectivity index (χ4v) is 3.50. The molecule has 0 spiro atoms. The van der Waals surface area contributed by atoms with E-state index in [1.165, 1.54) is 12.1 Å². The van der Waals surface area contributed by atoms with Crippen molar-refractivity contribution < 1.29 is 23.8 Å². The van der Waals surface area contributed by atoms with Gasteiger partial charge < -0.3 is 20.5 Å². The van der Waals surface area contributed by atoms with Crippen LogP contribution in [0.15, 0.2) is 47.9 Å². The SMILES string of the molecule is CC(C)COCCCc1ccc(NC(=O)C2=C(O)C[C@H](c3ccc(C#N)c(F)c3)NC2=O)nc1. The number of aliphatic hydroxyl groups is 1. The van der Waals surface area contributed by atoms with E-state index in [0.717, 1.165) is 31.1 Å². The number of nitriles is 1. The van der Waals surface area contributed by atoms with E-state index in [4.69, 9.17) is 10.00 Å². The predicted octanol–water partition coefficient (Wildman–Crippen LogP) is 3.71. The van der Waals surface area contributed by atoms with Crippen LogP contribution in [0.4, 0.5) is 10.2 Å². The van der Waals surface area contributed by atoms with E-state index in [1.54, 1.807) is 18.3 Å². The highest BCUT2D eigenvalue weighted by Crippen LogP contribution is 2.28. The van der Waals surface area contributed by atoms with Crippen LogP contribution in [0.3, 0.4) is 0 Å². The minimum atomic E-state index is -0.790. The molecule has 1 aromatic carbocycles. The van der Waals surface area contributed by atoms with Gasteiger partial charge in [-0.05, 0) is 48.1 Å². The number of hydrogen-bond acceptors (Lipinski definition) is 6. The van der Waals surface area contributed by atoms with E-state index >= 15 is 0 Å². The minimum Gasteiger partial charge on any atom is -0.511 e. The average Bonchev–Trinajstić information content (AvgIpc) is 2.79. The Kier molecular flexibility index (Phi) is 8.33. The number of aromatic nitrogens is 1. The number of aliphatic hydroxyl groups excluding tert-OH is 1. The zero-order valence-electron chi connectivity index (χ0n) is 19.1. The lowest BCUT2D eigenvalue weighted by Crippen LogP contribution is -2.39. The number of hydrogen-bond donors (Lipinski definition) is 3. The smallest absolute Gasteiger partial charge is 0.265 e. The molecule has 1 atom stereocenters. The monoisotopic (exact) mass is 466 g/mol. The molecule has 8 nitrogen and oxygen atoms in total. The summed E-state index contributed by atoms with van der Waals surface area (Å²) >= 11 is 0. The number of nitrogens with zero attached hydrogens (tertiary/aromatic N) is 2. The lowest BCUT2D eigenvalue weighted by Gasteiger charge is -2.25. The number of benzene rings is 1. The third kappa shape index (κ3) is 6.39. The van der Waals surface area contributed by atoms with Gasteiger partial charge in [0.05, 0.1) is 11.6 Å². The molecule has 0 saturated carbocycles. The van der Waals surface area contributed by atoms with Crippen LogP contribution in [0.5, 0.6) is 0 Å². The van der Waals surface area contributed by atoms with E-state index in [-0.39, 0.29) is 17.8 Å². The van der Waals surface area contributed by atoms with Gasteiger partial charge in [-0.2, -0.15) is 5.26 Å². The summed E-state index contributed by atoms with van der Waals surface area (Å²) in [6.07, 6.45) is 3.18. The van der Waals surface area contributed by atoms with Crippen molar-refractivity contribution in [3.63, 3.8) is 0 Å². The molecule has 2 aromatic rings. The highest BCUT2D eigenvalue weighted by molar-refractivity contribution is 6.23. The first-order valence-corrected chi connectivity index (χ1v) is 11.0. The molecular weight excluding hydrogens is 439 g/mol. The third-order valence-electron chi connectivity index (χ3n) is 5.23. The maximum Gasteiger partial charge on any atom is 0.265 e. The number of anilines is 1. The van der Waals surface area contributed by atoms with Crippen molar-refractivity contribution in [1.29, 1.82) is 5.26 Å². The Hall–Kier alpha value is -3.77. The predicted molar refractivity (Wildman–Crippen MR) is 123 cm³/mol. The largest absolute Gasteiger partial charge is 0.511 e. The molecule has 1 aliphatic heterocycles. The zero-order chi connectivity index (χ0) is 24.7. The van der Waals surface area contributed by atoms with Gasteiger partial charge in [0.1, 0.15) is 29.0 Å². The Morgan fingerprint density at radius 3 is 2.79 bits per heavy atom. The molecule has 0 unspecified atom stereocenters. The number of rotatable bonds is 9. The molecule has 1 aliphatic rings. The summed E-state index contributed by atoms with van der Waals surface area (Å²) in [5.74, 6) is -1.96. The van der Waals surface area contributed by atoms with Crippen LogP contribution in [-0.2, 0) is 20.7 Å². The molecule has 2 heterocycles. The number of ether oxygens (including phenoxy) is 1. The fraction of sp³-hybridized carbons (Fsp3) is 0.360. The number of aryl methyl sites for hydroxylation is 1. The van der Waals surface area contributed by atoms with Crippen molar-refractivity contribution in [2.24, 2.45) is 5.92 Å². The Labute approximate surface area is 197 Å². The second-order valence-electron chi connectivity index (χ2n) is 8.48. The molecule has 0 bridgehead atoms. The van der Waals surface area contributed by atoms with Crippen LogP contribution < -0.4 is 10.6 Å². The van der Waals surface area contributed by atoms with E-state index in [9.17, 15) is 19.1 Å². The van der Waals surface area contributed by atoms with Gasteiger partial charge in [0.25, 0.3) is 11.8 Å². The van der Waals surface area contributed by atoms with Gasteiger partial charge in [0, 0.05) is 25.8 Å². The highest BCUT2D eigenvalue weighted by Gasteiger charge is 2.32. The Morgan fingerprint density at radius 1 is 1.38 bits per heavy atom. The molecule has 0 fully saturated rings. The van der Waals surface area contributed by atoms with E-state index in [1.807, 2.05) is 6.07 Å². The van der Waals surface area contributed by atoms with Gasteiger partial charge in [-0.15, -0.1) is 0 Å². The molecule has 3 N–H and O–H groups in total. The fourth-order valence-electron chi connectivity index (χ4n) is 3.50. The van der Waals surface area contributed by atoms with E-state index in [2.05, 4.69) is 29.5 Å². The lowest BCUT2D eigenvalue weighted by molar-refractivity contribution is -0.123. The first-order valence-electron chi connectivity index (χ1n) is 11.0. The topological polar surface area (TPSA) is 124 Å². The van der Waals surface area contributed by atoms with E-state index < -0.39 is 35.0 Å². The Balaban J connectivity index is 1.59. The van der Waals surface area contributed by atoms with Crippen molar-refractivity contribution in [2.45, 2.75) is 39.2 Å².